The quantitative estimate of drug-likeness (QED) is 0.780. The lowest BCUT2D eigenvalue weighted by Gasteiger charge is -2.19. The van der Waals surface area contributed by atoms with E-state index in [4.69, 9.17) is 23.2 Å². The van der Waals surface area contributed by atoms with Crippen LogP contribution in [0.15, 0.2) is 18.2 Å². The summed E-state index contributed by atoms with van der Waals surface area (Å²) in [5, 5.41) is 3.45. The second-order valence-corrected chi connectivity index (χ2v) is 5.15. The van der Waals surface area contributed by atoms with Crippen LogP contribution in [0.5, 0.6) is 0 Å². The van der Waals surface area contributed by atoms with E-state index in [0.29, 0.717) is 28.8 Å². The summed E-state index contributed by atoms with van der Waals surface area (Å²) in [5.74, 6) is -0.542. The fourth-order valence-corrected chi connectivity index (χ4v) is 2.19. The van der Waals surface area contributed by atoms with Crippen LogP contribution in [0.25, 0.3) is 0 Å². The van der Waals surface area contributed by atoms with Gasteiger partial charge in [-0.1, -0.05) is 36.2 Å². The first-order valence-corrected chi connectivity index (χ1v) is 7.26. The SMILES string of the molecule is CCN(CCC(=O)OC)CC(=O)Nc1c(Cl)cccc1Cl. The Labute approximate surface area is 134 Å². The molecule has 0 atom stereocenters. The van der Waals surface area contributed by atoms with E-state index in [-0.39, 0.29) is 24.8 Å². The molecule has 5 nitrogen and oxygen atoms in total. The van der Waals surface area contributed by atoms with Gasteiger partial charge in [0.25, 0.3) is 0 Å². The van der Waals surface area contributed by atoms with Crippen molar-refractivity contribution in [1.29, 1.82) is 0 Å². The van der Waals surface area contributed by atoms with Gasteiger partial charge in [0.2, 0.25) is 5.91 Å². The zero-order chi connectivity index (χ0) is 15.8. The average molecular weight is 333 g/mol. The average Bonchev–Trinajstić information content (AvgIpc) is 2.47. The van der Waals surface area contributed by atoms with E-state index in [1.807, 2.05) is 11.8 Å². The Morgan fingerprint density at radius 3 is 2.43 bits per heavy atom. The molecule has 0 aliphatic carbocycles. The highest BCUT2D eigenvalue weighted by molar-refractivity contribution is 6.39. The lowest BCUT2D eigenvalue weighted by molar-refractivity contribution is -0.141. The van der Waals surface area contributed by atoms with Crippen LogP contribution in [-0.2, 0) is 14.3 Å². The Kier molecular flexibility index (Phi) is 7.50. The maximum Gasteiger partial charge on any atom is 0.306 e. The van der Waals surface area contributed by atoms with Crippen molar-refractivity contribution in [2.75, 3.05) is 32.1 Å². The summed E-state index contributed by atoms with van der Waals surface area (Å²) in [5.41, 5.74) is 0.398. The molecule has 116 valence electrons. The molecule has 0 saturated carbocycles. The molecule has 0 aliphatic heterocycles. The zero-order valence-electron chi connectivity index (χ0n) is 12.0. The first-order valence-electron chi connectivity index (χ1n) is 6.51. The highest BCUT2D eigenvalue weighted by atomic mass is 35.5. The minimum Gasteiger partial charge on any atom is -0.469 e. The van der Waals surface area contributed by atoms with E-state index in [1.54, 1.807) is 18.2 Å². The van der Waals surface area contributed by atoms with Crippen molar-refractivity contribution in [3.05, 3.63) is 28.2 Å². The smallest absolute Gasteiger partial charge is 0.306 e. The van der Waals surface area contributed by atoms with Crippen LogP contribution < -0.4 is 5.32 Å². The molecule has 0 fully saturated rings. The van der Waals surface area contributed by atoms with E-state index in [1.165, 1.54) is 7.11 Å². The number of carbonyl (C=O) groups excluding carboxylic acids is 2. The lowest BCUT2D eigenvalue weighted by atomic mass is 10.3. The number of anilines is 1. The van der Waals surface area contributed by atoms with Crippen molar-refractivity contribution in [2.45, 2.75) is 13.3 Å². The fraction of sp³-hybridized carbons (Fsp3) is 0.429. The minimum atomic E-state index is -0.303. The number of rotatable bonds is 7. The molecule has 0 radical (unpaired) electrons. The number of benzene rings is 1. The van der Waals surface area contributed by atoms with E-state index in [2.05, 4.69) is 10.1 Å². The molecule has 0 unspecified atom stereocenters. The molecule has 7 heteroatoms. The summed E-state index contributed by atoms with van der Waals surface area (Å²) < 4.78 is 4.58. The Balaban J connectivity index is 2.57. The van der Waals surface area contributed by atoms with Gasteiger partial charge >= 0.3 is 5.97 Å². The number of amides is 1. The third-order valence-electron chi connectivity index (χ3n) is 2.90. The predicted molar refractivity (Wildman–Crippen MR) is 83.8 cm³/mol. The summed E-state index contributed by atoms with van der Waals surface area (Å²) >= 11 is 12.0. The number of methoxy groups -OCH3 is 1. The van der Waals surface area contributed by atoms with Crippen LogP contribution >= 0.6 is 23.2 Å². The number of nitrogens with zero attached hydrogens (tertiary/aromatic N) is 1. The molecular formula is C14H18Cl2N2O3. The van der Waals surface area contributed by atoms with E-state index in [9.17, 15) is 9.59 Å². The molecule has 0 aromatic heterocycles. The summed E-state index contributed by atoms with van der Waals surface area (Å²) in [6.45, 7) is 3.15. The Bertz CT molecular complexity index is 489. The molecule has 1 amide bonds. The highest BCUT2D eigenvalue weighted by Gasteiger charge is 2.14. The van der Waals surface area contributed by atoms with Gasteiger partial charge in [-0.2, -0.15) is 0 Å². The fourth-order valence-electron chi connectivity index (χ4n) is 1.70. The lowest BCUT2D eigenvalue weighted by Crippen LogP contribution is -2.34. The number of esters is 1. The molecular weight excluding hydrogens is 315 g/mol. The number of nitrogens with one attached hydrogen (secondary N) is 1. The van der Waals surface area contributed by atoms with Gasteiger partial charge in [0.15, 0.2) is 0 Å². The van der Waals surface area contributed by atoms with Gasteiger partial charge in [0, 0.05) is 6.54 Å². The number of likely N-dealkylation sites (N-methyl/N-ethyl adjacent to an activating group) is 1. The van der Waals surface area contributed by atoms with Crippen LogP contribution in [0, 0.1) is 0 Å². The number of carbonyl (C=O) groups is 2. The van der Waals surface area contributed by atoms with Crippen molar-refractivity contribution in [1.82, 2.24) is 4.90 Å². The molecule has 1 aromatic carbocycles. The zero-order valence-corrected chi connectivity index (χ0v) is 13.5. The molecule has 1 N–H and O–H groups in total. The van der Waals surface area contributed by atoms with Gasteiger partial charge in [-0.05, 0) is 18.7 Å². The highest BCUT2D eigenvalue weighted by Crippen LogP contribution is 2.29. The molecule has 0 saturated heterocycles. The van der Waals surface area contributed by atoms with Gasteiger partial charge in [-0.15, -0.1) is 0 Å². The van der Waals surface area contributed by atoms with Gasteiger partial charge in [0.1, 0.15) is 0 Å². The first kappa shape index (κ1) is 17.8. The number of ether oxygens (including phenoxy) is 1. The predicted octanol–water partition coefficient (Wildman–Crippen LogP) is 2.82. The summed E-state index contributed by atoms with van der Waals surface area (Å²) in [4.78, 5) is 25.0. The standard InChI is InChI=1S/C14H18Cl2N2O3/c1-3-18(8-7-13(20)21-2)9-12(19)17-14-10(15)5-4-6-11(14)16/h4-6H,3,7-9H2,1-2H3,(H,17,19). The number of hydrogen-bond donors (Lipinski definition) is 1. The molecule has 0 heterocycles. The molecule has 1 rings (SSSR count). The van der Waals surface area contributed by atoms with Crippen molar-refractivity contribution < 1.29 is 14.3 Å². The van der Waals surface area contributed by atoms with Crippen molar-refractivity contribution in [3.63, 3.8) is 0 Å². The van der Waals surface area contributed by atoms with E-state index < -0.39 is 0 Å². The van der Waals surface area contributed by atoms with Crippen LogP contribution in [0.4, 0.5) is 5.69 Å². The monoisotopic (exact) mass is 332 g/mol. The van der Waals surface area contributed by atoms with Gasteiger partial charge < -0.3 is 10.1 Å². The Morgan fingerprint density at radius 1 is 1.29 bits per heavy atom. The summed E-state index contributed by atoms with van der Waals surface area (Å²) in [6.07, 6.45) is 0.241. The molecule has 1 aromatic rings. The molecule has 0 bridgehead atoms. The first-order chi connectivity index (χ1) is 9.97. The minimum absolute atomic E-state index is 0.148. The van der Waals surface area contributed by atoms with Gasteiger partial charge in [0.05, 0.1) is 35.8 Å². The van der Waals surface area contributed by atoms with Crippen LogP contribution in [0.1, 0.15) is 13.3 Å². The maximum atomic E-state index is 12.0. The normalized spacial score (nSPS) is 10.5. The number of halogens is 2. The largest absolute Gasteiger partial charge is 0.469 e. The van der Waals surface area contributed by atoms with Gasteiger partial charge in [-0.3, -0.25) is 14.5 Å². The summed E-state index contributed by atoms with van der Waals surface area (Å²) in [7, 11) is 1.34. The Morgan fingerprint density at radius 2 is 1.90 bits per heavy atom. The topological polar surface area (TPSA) is 58.6 Å². The molecule has 21 heavy (non-hydrogen) atoms. The van der Waals surface area contributed by atoms with Crippen molar-refractivity contribution in [3.8, 4) is 0 Å². The molecule has 0 aliphatic rings. The van der Waals surface area contributed by atoms with Crippen molar-refractivity contribution >= 4 is 40.8 Å². The van der Waals surface area contributed by atoms with Gasteiger partial charge in [-0.25, -0.2) is 0 Å². The summed E-state index contributed by atoms with van der Waals surface area (Å²) in [6, 6.07) is 5.00. The molecule has 0 spiro atoms. The Hall–Kier alpha value is -1.30. The van der Waals surface area contributed by atoms with E-state index in [0.717, 1.165) is 0 Å². The van der Waals surface area contributed by atoms with Crippen LogP contribution in [0.3, 0.4) is 0 Å². The van der Waals surface area contributed by atoms with Crippen LogP contribution in [0.2, 0.25) is 10.0 Å². The van der Waals surface area contributed by atoms with Crippen molar-refractivity contribution in [2.24, 2.45) is 0 Å². The number of hydrogen-bond acceptors (Lipinski definition) is 4. The van der Waals surface area contributed by atoms with Crippen LogP contribution in [-0.4, -0.2) is 43.5 Å². The second kappa shape index (κ2) is 8.87. The second-order valence-electron chi connectivity index (χ2n) is 4.34. The number of para-hydroxylation sites is 1. The third-order valence-corrected chi connectivity index (χ3v) is 3.53. The third kappa shape index (κ3) is 5.91. The maximum absolute atomic E-state index is 12.0. The van der Waals surface area contributed by atoms with E-state index >= 15 is 0 Å².